The van der Waals surface area contributed by atoms with Gasteiger partial charge in [-0.15, -0.1) is 0 Å². The lowest BCUT2D eigenvalue weighted by Crippen LogP contribution is -2.49. The smallest absolute Gasteiger partial charge is 0.276 e. The Kier molecular flexibility index (Phi) is 11.2. The third-order valence-electron chi connectivity index (χ3n) is 5.10. The molecule has 2 aromatic rings. The van der Waals surface area contributed by atoms with Crippen molar-refractivity contribution < 1.29 is 19.1 Å². The summed E-state index contributed by atoms with van der Waals surface area (Å²) in [5, 5.41) is 2.50. The summed E-state index contributed by atoms with van der Waals surface area (Å²) in [7, 11) is 0. The van der Waals surface area contributed by atoms with Crippen LogP contribution < -0.4 is 25.6 Å². The fourth-order valence-electron chi connectivity index (χ4n) is 3.00. The molecule has 1 unspecified atom stereocenters. The highest BCUT2D eigenvalue weighted by Crippen LogP contribution is 2.28. The lowest BCUT2D eigenvalue weighted by atomic mass is 9.98. The molecule has 0 saturated heterocycles. The second-order valence-electron chi connectivity index (χ2n) is 7.67. The molecule has 0 heterocycles. The molecule has 0 aliphatic rings. The van der Waals surface area contributed by atoms with Gasteiger partial charge in [0.1, 0.15) is 11.5 Å². The van der Waals surface area contributed by atoms with Gasteiger partial charge in [-0.25, -0.2) is 0 Å². The van der Waals surface area contributed by atoms with E-state index in [4.69, 9.17) is 21.7 Å². The number of hydrogen-bond donors (Lipinski definition) is 3. The molecule has 0 radical (unpaired) electrons. The molecule has 3 N–H and O–H groups in total. The first-order valence-electron chi connectivity index (χ1n) is 11.3. The van der Waals surface area contributed by atoms with Crippen molar-refractivity contribution in [1.29, 1.82) is 0 Å². The number of amides is 2. The maximum Gasteiger partial charge on any atom is 0.276 e. The zero-order chi connectivity index (χ0) is 24.1. The average molecular weight is 472 g/mol. The molecule has 0 aromatic heterocycles. The van der Waals surface area contributed by atoms with Crippen LogP contribution in [0.2, 0.25) is 0 Å². The Hall–Kier alpha value is -3.13. The number of thiocarbonyl (C=S) groups is 1. The number of carbonyl (C=O) groups excluding carboxylic acids is 2. The van der Waals surface area contributed by atoms with E-state index in [0.717, 1.165) is 31.2 Å². The van der Waals surface area contributed by atoms with Crippen LogP contribution in [0.25, 0.3) is 0 Å². The lowest BCUT2D eigenvalue weighted by Gasteiger charge is -2.16. The van der Waals surface area contributed by atoms with Gasteiger partial charge in [-0.2, -0.15) is 0 Å². The standard InChI is InChI=1S/C25H33N3O4S/c1-4-6-9-16-31-20-14-12-19(13-15-20)24(30)26-25(33)28-27-23(29)17-32-22-11-8-7-10-21(22)18(3)5-2/h7-8,10-15,18H,4-6,9,16-17H2,1-3H3,(H,27,29)(H2,26,28,30,33). The Bertz CT molecular complexity index is 918. The van der Waals surface area contributed by atoms with Crippen molar-refractivity contribution in [2.45, 2.75) is 52.4 Å². The summed E-state index contributed by atoms with van der Waals surface area (Å²) < 4.78 is 11.3. The molecule has 0 aliphatic carbocycles. The zero-order valence-electron chi connectivity index (χ0n) is 19.5. The first-order chi connectivity index (χ1) is 15.9. The second kappa shape index (κ2) is 14.1. The minimum Gasteiger partial charge on any atom is -0.494 e. The second-order valence-corrected chi connectivity index (χ2v) is 8.08. The van der Waals surface area contributed by atoms with Gasteiger partial charge in [0.2, 0.25) is 0 Å². The summed E-state index contributed by atoms with van der Waals surface area (Å²) in [6.07, 6.45) is 4.23. The van der Waals surface area contributed by atoms with E-state index in [1.807, 2.05) is 24.3 Å². The van der Waals surface area contributed by atoms with E-state index in [-0.39, 0.29) is 11.7 Å². The number of ether oxygens (including phenoxy) is 2. The van der Waals surface area contributed by atoms with E-state index in [9.17, 15) is 9.59 Å². The summed E-state index contributed by atoms with van der Waals surface area (Å²) in [5.74, 6) is 0.904. The molecule has 0 fully saturated rings. The predicted molar refractivity (Wildman–Crippen MR) is 133 cm³/mol. The SMILES string of the molecule is CCCCCOc1ccc(C(=O)NC(=S)NNC(=O)COc2ccccc2C(C)CC)cc1. The maximum absolute atomic E-state index is 12.3. The van der Waals surface area contributed by atoms with Crippen LogP contribution in [0.5, 0.6) is 11.5 Å². The topological polar surface area (TPSA) is 88.7 Å². The molecule has 0 saturated carbocycles. The normalized spacial score (nSPS) is 11.2. The molecule has 178 valence electrons. The van der Waals surface area contributed by atoms with Gasteiger partial charge in [0.25, 0.3) is 11.8 Å². The lowest BCUT2D eigenvalue weighted by molar-refractivity contribution is -0.123. The number of rotatable bonds is 11. The van der Waals surface area contributed by atoms with Crippen molar-refractivity contribution in [2.75, 3.05) is 13.2 Å². The van der Waals surface area contributed by atoms with Crippen LogP contribution in [0.3, 0.4) is 0 Å². The number of unbranched alkanes of at least 4 members (excludes halogenated alkanes) is 2. The van der Waals surface area contributed by atoms with Crippen LogP contribution in [0.15, 0.2) is 48.5 Å². The van der Waals surface area contributed by atoms with E-state index < -0.39 is 11.8 Å². The molecule has 0 aliphatic heterocycles. The number of benzene rings is 2. The van der Waals surface area contributed by atoms with E-state index in [2.05, 4.69) is 36.9 Å². The molecule has 2 aromatic carbocycles. The summed E-state index contributed by atoms with van der Waals surface area (Å²) in [4.78, 5) is 24.4. The van der Waals surface area contributed by atoms with Gasteiger partial charge in [0, 0.05) is 5.56 Å². The highest BCUT2D eigenvalue weighted by atomic mass is 32.1. The molecule has 8 heteroatoms. The fourth-order valence-corrected chi connectivity index (χ4v) is 3.14. The van der Waals surface area contributed by atoms with E-state index in [1.165, 1.54) is 0 Å². The maximum atomic E-state index is 12.3. The highest BCUT2D eigenvalue weighted by Gasteiger charge is 2.12. The van der Waals surface area contributed by atoms with E-state index in [0.29, 0.717) is 29.6 Å². The molecular formula is C25H33N3O4S. The minimum atomic E-state index is -0.421. The summed E-state index contributed by atoms with van der Waals surface area (Å²) in [6.45, 7) is 6.82. The van der Waals surface area contributed by atoms with Crippen molar-refractivity contribution >= 4 is 29.1 Å². The summed E-state index contributed by atoms with van der Waals surface area (Å²) in [5.41, 5.74) is 6.42. The number of para-hydroxylation sites is 1. The Morgan fingerprint density at radius 3 is 2.39 bits per heavy atom. The van der Waals surface area contributed by atoms with Crippen LogP contribution in [-0.2, 0) is 4.79 Å². The van der Waals surface area contributed by atoms with Gasteiger partial charge in [-0.05, 0) is 66.9 Å². The van der Waals surface area contributed by atoms with Gasteiger partial charge >= 0.3 is 0 Å². The molecule has 0 bridgehead atoms. The molecule has 2 rings (SSSR count). The average Bonchev–Trinajstić information content (AvgIpc) is 2.84. The highest BCUT2D eigenvalue weighted by molar-refractivity contribution is 7.80. The van der Waals surface area contributed by atoms with Crippen LogP contribution >= 0.6 is 12.2 Å². The first-order valence-corrected chi connectivity index (χ1v) is 11.7. The van der Waals surface area contributed by atoms with Crippen LogP contribution in [0.1, 0.15) is 68.3 Å². The molecule has 0 spiro atoms. The van der Waals surface area contributed by atoms with Gasteiger partial charge in [-0.1, -0.05) is 51.8 Å². The van der Waals surface area contributed by atoms with Crippen molar-refractivity contribution in [2.24, 2.45) is 0 Å². The number of hydrazine groups is 1. The zero-order valence-corrected chi connectivity index (χ0v) is 20.3. The predicted octanol–water partition coefficient (Wildman–Crippen LogP) is 4.48. The van der Waals surface area contributed by atoms with Crippen molar-refractivity contribution in [3.05, 3.63) is 59.7 Å². The molecule has 7 nitrogen and oxygen atoms in total. The summed E-state index contributed by atoms with van der Waals surface area (Å²) >= 11 is 5.08. The van der Waals surface area contributed by atoms with Crippen LogP contribution in [-0.4, -0.2) is 30.1 Å². The van der Waals surface area contributed by atoms with E-state index >= 15 is 0 Å². The number of nitrogens with one attached hydrogen (secondary N) is 3. The summed E-state index contributed by atoms with van der Waals surface area (Å²) in [6, 6.07) is 14.5. The Balaban J connectivity index is 1.74. The van der Waals surface area contributed by atoms with Crippen LogP contribution in [0, 0.1) is 0 Å². The minimum absolute atomic E-state index is 0.0201. The van der Waals surface area contributed by atoms with Gasteiger partial charge in [0.05, 0.1) is 6.61 Å². The van der Waals surface area contributed by atoms with Crippen molar-refractivity contribution in [1.82, 2.24) is 16.2 Å². The van der Waals surface area contributed by atoms with Crippen molar-refractivity contribution in [3.63, 3.8) is 0 Å². The van der Waals surface area contributed by atoms with E-state index in [1.54, 1.807) is 24.3 Å². The third kappa shape index (κ3) is 9.10. The Labute approximate surface area is 201 Å². The van der Waals surface area contributed by atoms with Gasteiger partial charge in [0.15, 0.2) is 11.7 Å². The van der Waals surface area contributed by atoms with Gasteiger partial charge in [-0.3, -0.25) is 25.8 Å². The Morgan fingerprint density at radius 2 is 1.70 bits per heavy atom. The largest absolute Gasteiger partial charge is 0.494 e. The molecule has 2 amide bonds. The number of hydrogen-bond acceptors (Lipinski definition) is 5. The monoisotopic (exact) mass is 471 g/mol. The van der Waals surface area contributed by atoms with Gasteiger partial charge < -0.3 is 9.47 Å². The molecular weight excluding hydrogens is 438 g/mol. The first kappa shape index (κ1) is 26.1. The quantitative estimate of drug-likeness (QED) is 0.254. The Morgan fingerprint density at radius 1 is 0.970 bits per heavy atom. The van der Waals surface area contributed by atoms with Crippen LogP contribution in [0.4, 0.5) is 0 Å². The third-order valence-corrected chi connectivity index (χ3v) is 5.30. The molecule has 1 atom stereocenters. The number of carbonyl (C=O) groups is 2. The molecule has 33 heavy (non-hydrogen) atoms. The van der Waals surface area contributed by atoms with Crippen molar-refractivity contribution in [3.8, 4) is 11.5 Å². The fraction of sp³-hybridized carbons (Fsp3) is 0.400.